The zero-order chi connectivity index (χ0) is 15.7. The topological polar surface area (TPSA) is 76.0 Å². The van der Waals surface area contributed by atoms with Gasteiger partial charge in [0.05, 0.1) is 6.61 Å². The molecule has 2 N–H and O–H groups in total. The Hall–Kier alpha value is -2.95. The molecule has 0 amide bonds. The molecule has 0 saturated heterocycles. The van der Waals surface area contributed by atoms with Crippen LogP contribution in [0.2, 0.25) is 0 Å². The molecule has 0 aliphatic carbocycles. The van der Waals surface area contributed by atoms with Gasteiger partial charge in [0.25, 0.3) is 0 Å². The zero-order valence-corrected chi connectivity index (χ0v) is 11.9. The van der Waals surface area contributed by atoms with Crippen molar-refractivity contribution in [3.05, 3.63) is 53.3 Å². The van der Waals surface area contributed by atoms with Gasteiger partial charge in [0.2, 0.25) is 5.78 Å². The molecule has 0 spiro atoms. The first-order chi connectivity index (χ1) is 10.6. The number of ketones is 1. The molecule has 0 unspecified atom stereocenters. The Morgan fingerprint density at radius 1 is 1.18 bits per heavy atom. The van der Waals surface area contributed by atoms with Gasteiger partial charge < -0.3 is 19.7 Å². The Bertz CT molecular complexity index is 759. The second kappa shape index (κ2) is 5.44. The smallest absolute Gasteiger partial charge is 0.235 e. The van der Waals surface area contributed by atoms with E-state index in [4.69, 9.17) is 9.47 Å². The molecule has 1 aliphatic heterocycles. The van der Waals surface area contributed by atoms with Crippen LogP contribution in [0.15, 0.2) is 42.2 Å². The van der Waals surface area contributed by atoms with Crippen molar-refractivity contribution >= 4 is 11.9 Å². The molecule has 2 aromatic rings. The molecule has 0 fully saturated rings. The van der Waals surface area contributed by atoms with Crippen LogP contribution >= 0.6 is 0 Å². The summed E-state index contributed by atoms with van der Waals surface area (Å²) < 4.78 is 10.8. The van der Waals surface area contributed by atoms with E-state index < -0.39 is 5.78 Å². The number of fused-ring (bicyclic) bond motifs is 1. The van der Waals surface area contributed by atoms with Crippen molar-refractivity contribution in [3.8, 4) is 23.0 Å². The molecule has 1 heterocycles. The van der Waals surface area contributed by atoms with Gasteiger partial charge in [0.1, 0.15) is 28.6 Å². The lowest BCUT2D eigenvalue weighted by molar-refractivity contribution is 0.101. The number of allylic oxidation sites excluding steroid dienone is 1. The van der Waals surface area contributed by atoms with Gasteiger partial charge in [-0.2, -0.15) is 0 Å². The van der Waals surface area contributed by atoms with Gasteiger partial charge >= 0.3 is 0 Å². The van der Waals surface area contributed by atoms with E-state index in [-0.39, 0.29) is 28.6 Å². The van der Waals surface area contributed by atoms with Crippen LogP contribution in [0.3, 0.4) is 0 Å². The maximum absolute atomic E-state index is 12.2. The van der Waals surface area contributed by atoms with E-state index in [1.54, 1.807) is 30.3 Å². The number of benzene rings is 2. The van der Waals surface area contributed by atoms with Crippen molar-refractivity contribution in [3.63, 3.8) is 0 Å². The van der Waals surface area contributed by atoms with Crippen molar-refractivity contribution < 1.29 is 24.5 Å². The lowest BCUT2D eigenvalue weighted by atomic mass is 10.1. The number of hydrogen-bond acceptors (Lipinski definition) is 5. The van der Waals surface area contributed by atoms with Gasteiger partial charge in [0, 0.05) is 12.1 Å². The quantitative estimate of drug-likeness (QED) is 0.851. The number of hydrogen-bond donors (Lipinski definition) is 2. The van der Waals surface area contributed by atoms with Crippen LogP contribution in [0.4, 0.5) is 0 Å². The molecule has 0 saturated carbocycles. The number of ether oxygens (including phenoxy) is 2. The molecular formula is C17H14O5. The highest BCUT2D eigenvalue weighted by atomic mass is 16.5. The van der Waals surface area contributed by atoms with Gasteiger partial charge in [-0.25, -0.2) is 0 Å². The molecule has 5 nitrogen and oxygen atoms in total. The highest BCUT2D eigenvalue weighted by Crippen LogP contribution is 2.40. The number of carbonyl (C=O) groups excluding carboxylic acids is 1. The van der Waals surface area contributed by atoms with Gasteiger partial charge in [-0.3, -0.25) is 4.79 Å². The fraction of sp³-hybridized carbons (Fsp3) is 0.118. The normalized spacial score (nSPS) is 14.8. The van der Waals surface area contributed by atoms with Crippen LogP contribution in [0.1, 0.15) is 22.8 Å². The monoisotopic (exact) mass is 298 g/mol. The van der Waals surface area contributed by atoms with Crippen LogP contribution in [0.5, 0.6) is 23.0 Å². The third-order valence-corrected chi connectivity index (χ3v) is 3.23. The van der Waals surface area contributed by atoms with E-state index in [1.807, 2.05) is 6.92 Å². The molecule has 1 aliphatic rings. The average molecular weight is 298 g/mol. The summed E-state index contributed by atoms with van der Waals surface area (Å²) in [7, 11) is 0. The molecule has 3 rings (SSSR count). The average Bonchev–Trinajstić information content (AvgIpc) is 2.77. The second-order valence-electron chi connectivity index (χ2n) is 4.78. The van der Waals surface area contributed by atoms with Crippen molar-refractivity contribution in [2.24, 2.45) is 0 Å². The molecule has 22 heavy (non-hydrogen) atoms. The van der Waals surface area contributed by atoms with Crippen LogP contribution in [-0.2, 0) is 0 Å². The van der Waals surface area contributed by atoms with E-state index in [9.17, 15) is 15.0 Å². The van der Waals surface area contributed by atoms with E-state index in [1.165, 1.54) is 6.07 Å². The minimum Gasteiger partial charge on any atom is -0.508 e. The van der Waals surface area contributed by atoms with E-state index in [2.05, 4.69) is 0 Å². The number of aromatic hydroxyl groups is 2. The van der Waals surface area contributed by atoms with Crippen molar-refractivity contribution in [1.82, 2.24) is 0 Å². The predicted molar refractivity (Wildman–Crippen MR) is 80.3 cm³/mol. The maximum Gasteiger partial charge on any atom is 0.235 e. The van der Waals surface area contributed by atoms with E-state index >= 15 is 0 Å². The molecule has 112 valence electrons. The number of phenolic OH excluding ortho intramolecular Hbond substituents is 2. The van der Waals surface area contributed by atoms with E-state index in [0.29, 0.717) is 6.61 Å². The SMILES string of the molecule is CCOc1ccc(/C=C2\Oc3cc(O)cc(O)c3C2=O)cc1. The van der Waals surface area contributed by atoms with Gasteiger partial charge in [0.15, 0.2) is 5.76 Å². The number of carbonyl (C=O) groups is 1. The molecule has 0 bridgehead atoms. The van der Waals surface area contributed by atoms with Crippen LogP contribution in [-0.4, -0.2) is 22.6 Å². The van der Waals surface area contributed by atoms with Gasteiger partial charge in [-0.15, -0.1) is 0 Å². The van der Waals surface area contributed by atoms with Gasteiger partial charge in [-0.1, -0.05) is 12.1 Å². The van der Waals surface area contributed by atoms with Crippen LogP contribution in [0, 0.1) is 0 Å². The first-order valence-electron chi connectivity index (χ1n) is 6.81. The first-order valence-corrected chi connectivity index (χ1v) is 6.81. The van der Waals surface area contributed by atoms with E-state index in [0.717, 1.165) is 17.4 Å². The lowest BCUT2D eigenvalue weighted by Crippen LogP contribution is -1.98. The summed E-state index contributed by atoms with van der Waals surface area (Å²) in [4.78, 5) is 12.2. The van der Waals surface area contributed by atoms with Crippen LogP contribution < -0.4 is 9.47 Å². The Morgan fingerprint density at radius 2 is 1.91 bits per heavy atom. The predicted octanol–water partition coefficient (Wildman–Crippen LogP) is 3.11. The van der Waals surface area contributed by atoms with Crippen molar-refractivity contribution in [2.45, 2.75) is 6.92 Å². The summed E-state index contributed by atoms with van der Waals surface area (Å²) in [5.41, 5.74) is 0.832. The molecule has 0 atom stereocenters. The minimum atomic E-state index is -0.415. The minimum absolute atomic E-state index is 0.0648. The summed E-state index contributed by atoms with van der Waals surface area (Å²) in [5, 5.41) is 19.2. The Morgan fingerprint density at radius 3 is 2.59 bits per heavy atom. The second-order valence-corrected chi connectivity index (χ2v) is 4.78. The number of phenols is 2. The van der Waals surface area contributed by atoms with Crippen molar-refractivity contribution in [1.29, 1.82) is 0 Å². The largest absolute Gasteiger partial charge is 0.508 e. The van der Waals surface area contributed by atoms with Crippen LogP contribution in [0.25, 0.3) is 6.08 Å². The van der Waals surface area contributed by atoms with Gasteiger partial charge in [-0.05, 0) is 30.7 Å². The maximum atomic E-state index is 12.2. The summed E-state index contributed by atoms with van der Waals surface area (Å²) in [6, 6.07) is 9.60. The standard InChI is InChI=1S/C17H14O5/c1-2-21-12-5-3-10(4-6-12)7-15-17(20)16-13(19)8-11(18)9-14(16)22-15/h3-9,18-19H,2H2,1H3/b15-7-. The number of rotatable bonds is 3. The zero-order valence-electron chi connectivity index (χ0n) is 11.9. The molecular weight excluding hydrogens is 284 g/mol. The number of Topliss-reactive ketones (excluding diaryl/α,β-unsaturated/α-hetero) is 1. The summed E-state index contributed by atoms with van der Waals surface area (Å²) in [6.07, 6.45) is 1.58. The molecule has 5 heteroatoms. The lowest BCUT2D eigenvalue weighted by Gasteiger charge is -2.03. The fourth-order valence-electron chi connectivity index (χ4n) is 2.26. The first kappa shape index (κ1) is 14.0. The summed E-state index contributed by atoms with van der Waals surface area (Å²) >= 11 is 0. The Labute approximate surface area is 127 Å². The fourth-order valence-corrected chi connectivity index (χ4v) is 2.26. The molecule has 0 aromatic heterocycles. The third-order valence-electron chi connectivity index (χ3n) is 3.23. The molecule has 0 radical (unpaired) electrons. The summed E-state index contributed by atoms with van der Waals surface area (Å²) in [5.74, 6) is 0.122. The highest BCUT2D eigenvalue weighted by Gasteiger charge is 2.31. The van der Waals surface area contributed by atoms with Crippen molar-refractivity contribution in [2.75, 3.05) is 6.61 Å². The Balaban J connectivity index is 1.91. The summed E-state index contributed by atoms with van der Waals surface area (Å²) in [6.45, 7) is 2.49. The Kier molecular flexibility index (Phi) is 3.47. The third kappa shape index (κ3) is 2.48. The molecule has 2 aromatic carbocycles. The highest BCUT2D eigenvalue weighted by molar-refractivity contribution is 6.16.